The van der Waals surface area contributed by atoms with Gasteiger partial charge in [0.25, 0.3) is 0 Å². The van der Waals surface area contributed by atoms with E-state index in [2.05, 4.69) is 51.9 Å². The van der Waals surface area contributed by atoms with Crippen LogP contribution < -0.4 is 14.7 Å². The lowest BCUT2D eigenvalue weighted by atomic mass is 10.1. The van der Waals surface area contributed by atoms with Crippen molar-refractivity contribution in [3.05, 3.63) is 64.4 Å². The minimum absolute atomic E-state index is 0.686. The van der Waals surface area contributed by atoms with Crippen molar-refractivity contribution < 1.29 is 0 Å². The van der Waals surface area contributed by atoms with Gasteiger partial charge in [0, 0.05) is 86.4 Å². The molecular weight excluding hydrogens is 455 g/mol. The first-order chi connectivity index (χ1) is 16.0. The molecule has 0 N–H and O–H groups in total. The Labute approximate surface area is 205 Å². The SMILES string of the molecule is CN1CCN(c2ccc(-c3cnc4c(c3)N(Cc3cc(Cl)ccc3Cl)CCN4C)cn2)CC1. The van der Waals surface area contributed by atoms with Gasteiger partial charge in [-0.15, -0.1) is 0 Å². The van der Waals surface area contributed by atoms with Crippen LogP contribution in [-0.4, -0.2) is 68.2 Å². The number of rotatable bonds is 4. The molecule has 5 rings (SSSR count). The molecule has 2 aliphatic rings. The van der Waals surface area contributed by atoms with Crippen LogP contribution in [0.4, 0.5) is 17.3 Å². The first kappa shape index (κ1) is 22.3. The Morgan fingerprint density at radius 3 is 2.36 bits per heavy atom. The fourth-order valence-corrected chi connectivity index (χ4v) is 4.81. The highest BCUT2D eigenvalue weighted by molar-refractivity contribution is 6.33. The van der Waals surface area contributed by atoms with E-state index in [0.717, 1.165) is 78.3 Å². The van der Waals surface area contributed by atoms with Crippen molar-refractivity contribution in [2.45, 2.75) is 6.54 Å². The highest BCUT2D eigenvalue weighted by Crippen LogP contribution is 2.36. The van der Waals surface area contributed by atoms with Crippen molar-refractivity contribution in [2.75, 3.05) is 68.1 Å². The van der Waals surface area contributed by atoms with Gasteiger partial charge in [-0.05, 0) is 49.0 Å². The smallest absolute Gasteiger partial charge is 0.152 e. The van der Waals surface area contributed by atoms with Crippen LogP contribution in [0, 0.1) is 0 Å². The lowest BCUT2D eigenvalue weighted by Crippen LogP contribution is -2.44. The Kier molecular flexibility index (Phi) is 6.32. The molecule has 6 nitrogen and oxygen atoms in total. The first-order valence-corrected chi connectivity index (χ1v) is 12.0. The van der Waals surface area contributed by atoms with E-state index < -0.39 is 0 Å². The molecule has 0 spiro atoms. The lowest BCUT2D eigenvalue weighted by Gasteiger charge is -2.36. The Bertz CT molecular complexity index is 1130. The van der Waals surface area contributed by atoms with Gasteiger partial charge in [-0.1, -0.05) is 23.2 Å². The molecule has 0 unspecified atom stereocenters. The molecule has 3 aromatic rings. The van der Waals surface area contributed by atoms with Crippen LogP contribution in [0.25, 0.3) is 11.1 Å². The average Bonchev–Trinajstić information content (AvgIpc) is 2.83. The van der Waals surface area contributed by atoms with Gasteiger partial charge in [0.1, 0.15) is 5.82 Å². The molecule has 0 amide bonds. The molecule has 8 heteroatoms. The molecule has 33 heavy (non-hydrogen) atoms. The van der Waals surface area contributed by atoms with E-state index in [1.807, 2.05) is 30.6 Å². The van der Waals surface area contributed by atoms with Crippen LogP contribution in [0.1, 0.15) is 5.56 Å². The van der Waals surface area contributed by atoms with Gasteiger partial charge in [-0.2, -0.15) is 0 Å². The minimum atomic E-state index is 0.686. The summed E-state index contributed by atoms with van der Waals surface area (Å²) in [5.74, 6) is 2.01. The summed E-state index contributed by atoms with van der Waals surface area (Å²) < 4.78 is 0. The number of piperazine rings is 1. The van der Waals surface area contributed by atoms with Gasteiger partial charge in [0.15, 0.2) is 5.82 Å². The predicted octanol–water partition coefficient (Wildman–Crippen LogP) is 4.66. The third kappa shape index (κ3) is 4.74. The van der Waals surface area contributed by atoms with Gasteiger partial charge in [0.05, 0.1) is 5.69 Å². The molecule has 0 bridgehead atoms. The Balaban J connectivity index is 1.41. The van der Waals surface area contributed by atoms with Crippen LogP contribution in [0.5, 0.6) is 0 Å². The van der Waals surface area contributed by atoms with E-state index in [1.165, 1.54) is 0 Å². The molecule has 0 radical (unpaired) electrons. The Hall–Kier alpha value is -2.54. The highest BCUT2D eigenvalue weighted by Gasteiger charge is 2.23. The summed E-state index contributed by atoms with van der Waals surface area (Å²) in [7, 11) is 4.25. The molecular formula is C25H28Cl2N6. The first-order valence-electron chi connectivity index (χ1n) is 11.3. The summed E-state index contributed by atoms with van der Waals surface area (Å²) in [6.45, 7) is 6.63. The third-order valence-corrected chi connectivity index (χ3v) is 7.14. The summed E-state index contributed by atoms with van der Waals surface area (Å²) in [6, 6.07) is 12.1. The predicted molar refractivity (Wildman–Crippen MR) is 138 cm³/mol. The van der Waals surface area contributed by atoms with Crippen molar-refractivity contribution >= 4 is 40.5 Å². The number of nitrogens with zero attached hydrogens (tertiary/aromatic N) is 6. The number of likely N-dealkylation sites (N-methyl/N-ethyl adjacent to an activating group) is 2. The van der Waals surface area contributed by atoms with Crippen molar-refractivity contribution in [2.24, 2.45) is 0 Å². The number of hydrogen-bond donors (Lipinski definition) is 0. The summed E-state index contributed by atoms with van der Waals surface area (Å²) in [5.41, 5.74) is 4.24. The number of aromatic nitrogens is 2. The zero-order valence-electron chi connectivity index (χ0n) is 19.0. The van der Waals surface area contributed by atoms with Crippen LogP contribution in [-0.2, 0) is 6.54 Å². The zero-order chi connectivity index (χ0) is 22.9. The summed E-state index contributed by atoms with van der Waals surface area (Å²) in [4.78, 5) is 18.8. The number of fused-ring (bicyclic) bond motifs is 1. The molecule has 2 aromatic heterocycles. The number of anilines is 3. The molecule has 4 heterocycles. The highest BCUT2D eigenvalue weighted by atomic mass is 35.5. The van der Waals surface area contributed by atoms with Crippen molar-refractivity contribution in [1.82, 2.24) is 14.9 Å². The second kappa shape index (κ2) is 9.37. The number of halogens is 2. The maximum atomic E-state index is 6.46. The van der Waals surface area contributed by atoms with E-state index >= 15 is 0 Å². The van der Waals surface area contributed by atoms with Crippen molar-refractivity contribution in [3.63, 3.8) is 0 Å². The average molecular weight is 483 g/mol. The van der Waals surface area contributed by atoms with Gasteiger partial charge < -0.3 is 19.6 Å². The quantitative estimate of drug-likeness (QED) is 0.538. The molecule has 0 aliphatic carbocycles. The number of hydrogen-bond acceptors (Lipinski definition) is 6. The second-order valence-corrected chi connectivity index (χ2v) is 9.68. The molecule has 172 valence electrons. The van der Waals surface area contributed by atoms with E-state index in [9.17, 15) is 0 Å². The normalized spacial score (nSPS) is 16.8. The minimum Gasteiger partial charge on any atom is -0.362 e. The summed E-state index contributed by atoms with van der Waals surface area (Å²) in [6.07, 6.45) is 3.90. The maximum Gasteiger partial charge on any atom is 0.152 e. The fraction of sp³-hybridized carbons (Fsp3) is 0.360. The van der Waals surface area contributed by atoms with E-state index in [0.29, 0.717) is 11.6 Å². The van der Waals surface area contributed by atoms with Crippen molar-refractivity contribution in [1.29, 1.82) is 0 Å². The Morgan fingerprint density at radius 1 is 0.818 bits per heavy atom. The second-order valence-electron chi connectivity index (χ2n) is 8.84. The molecule has 1 saturated heterocycles. The molecule has 0 saturated carbocycles. The standard InChI is InChI=1S/C25H28Cl2N6/c1-30-7-10-32(11-8-30)24-6-3-18(15-28-24)19-14-23-25(29-16-19)31(2)9-12-33(23)17-20-13-21(26)4-5-22(20)27/h3-6,13-16H,7-12,17H2,1-2H3. The van der Waals surface area contributed by atoms with Gasteiger partial charge in [-0.25, -0.2) is 9.97 Å². The number of pyridine rings is 2. The largest absolute Gasteiger partial charge is 0.362 e. The van der Waals surface area contributed by atoms with Crippen LogP contribution in [0.3, 0.4) is 0 Å². The van der Waals surface area contributed by atoms with Gasteiger partial charge in [-0.3, -0.25) is 0 Å². The zero-order valence-corrected chi connectivity index (χ0v) is 20.5. The topological polar surface area (TPSA) is 38.7 Å². The number of benzene rings is 1. The molecule has 0 atom stereocenters. The van der Waals surface area contributed by atoms with E-state index in [4.69, 9.17) is 33.2 Å². The van der Waals surface area contributed by atoms with Crippen LogP contribution in [0.15, 0.2) is 48.8 Å². The van der Waals surface area contributed by atoms with E-state index in [1.54, 1.807) is 0 Å². The molecule has 1 fully saturated rings. The van der Waals surface area contributed by atoms with Gasteiger partial charge >= 0.3 is 0 Å². The van der Waals surface area contributed by atoms with E-state index in [-0.39, 0.29) is 0 Å². The monoisotopic (exact) mass is 482 g/mol. The molecule has 1 aromatic carbocycles. The Morgan fingerprint density at radius 2 is 1.61 bits per heavy atom. The van der Waals surface area contributed by atoms with Gasteiger partial charge in [0.2, 0.25) is 0 Å². The maximum absolute atomic E-state index is 6.46. The third-order valence-electron chi connectivity index (χ3n) is 6.53. The fourth-order valence-electron chi connectivity index (χ4n) is 4.44. The van der Waals surface area contributed by atoms with Crippen molar-refractivity contribution in [3.8, 4) is 11.1 Å². The van der Waals surface area contributed by atoms with Crippen LogP contribution >= 0.6 is 23.2 Å². The van der Waals surface area contributed by atoms with Crippen LogP contribution in [0.2, 0.25) is 10.0 Å². The molecule has 2 aliphatic heterocycles. The summed E-state index contributed by atoms with van der Waals surface area (Å²) in [5, 5.41) is 1.43. The lowest BCUT2D eigenvalue weighted by molar-refractivity contribution is 0.312. The summed E-state index contributed by atoms with van der Waals surface area (Å²) >= 11 is 12.7.